The monoisotopic (exact) mass is 262 g/mol. The molecule has 3 aromatic rings. The van der Waals surface area contributed by atoms with Crippen LogP contribution in [0.4, 0.5) is 5.69 Å². The molecule has 0 saturated carbocycles. The van der Waals surface area contributed by atoms with E-state index in [2.05, 4.69) is 66.6 Å². The first-order valence-corrected chi connectivity index (χ1v) is 6.90. The third-order valence-corrected chi connectivity index (χ3v) is 3.60. The number of benzene rings is 2. The highest BCUT2D eigenvalue weighted by molar-refractivity contribution is 5.93. The Morgan fingerprint density at radius 1 is 1.05 bits per heavy atom. The smallest absolute Gasteiger partial charge is 0.0485 e. The van der Waals surface area contributed by atoms with Gasteiger partial charge < -0.3 is 5.32 Å². The van der Waals surface area contributed by atoms with E-state index in [4.69, 9.17) is 0 Å². The van der Waals surface area contributed by atoms with Gasteiger partial charge >= 0.3 is 0 Å². The highest BCUT2D eigenvalue weighted by Crippen LogP contribution is 2.26. The fourth-order valence-electron chi connectivity index (χ4n) is 2.50. The van der Waals surface area contributed by atoms with E-state index >= 15 is 0 Å². The molecule has 3 rings (SSSR count). The van der Waals surface area contributed by atoms with E-state index in [1.165, 1.54) is 16.5 Å². The van der Waals surface area contributed by atoms with Crippen molar-refractivity contribution >= 4 is 16.5 Å². The van der Waals surface area contributed by atoms with E-state index in [9.17, 15) is 0 Å². The standard InChI is InChI=1S/C18H18N2/c1-13-5-3-7-16(11-13)14(2)20-18-8-4-6-15-9-10-19-12-17(15)18/h3-12,14,20H,1-2H3. The van der Waals surface area contributed by atoms with Crippen LogP contribution in [-0.2, 0) is 0 Å². The molecule has 20 heavy (non-hydrogen) atoms. The highest BCUT2D eigenvalue weighted by atomic mass is 14.9. The second kappa shape index (κ2) is 5.33. The molecule has 1 atom stereocenters. The molecule has 0 bridgehead atoms. The van der Waals surface area contributed by atoms with Crippen LogP contribution in [0.3, 0.4) is 0 Å². The summed E-state index contributed by atoms with van der Waals surface area (Å²) in [5.74, 6) is 0. The molecule has 1 N–H and O–H groups in total. The van der Waals surface area contributed by atoms with Crippen molar-refractivity contribution in [2.24, 2.45) is 0 Å². The number of hydrogen-bond donors (Lipinski definition) is 1. The van der Waals surface area contributed by atoms with E-state index in [1.54, 1.807) is 0 Å². The third-order valence-electron chi connectivity index (χ3n) is 3.60. The predicted octanol–water partition coefficient (Wildman–Crippen LogP) is 4.72. The van der Waals surface area contributed by atoms with Crippen molar-refractivity contribution in [2.75, 3.05) is 5.32 Å². The first kappa shape index (κ1) is 12.7. The molecule has 0 aliphatic carbocycles. The topological polar surface area (TPSA) is 24.9 Å². The van der Waals surface area contributed by atoms with E-state index < -0.39 is 0 Å². The zero-order chi connectivity index (χ0) is 13.9. The fourth-order valence-corrected chi connectivity index (χ4v) is 2.50. The van der Waals surface area contributed by atoms with Crippen molar-refractivity contribution in [3.05, 3.63) is 72.1 Å². The fraction of sp³-hybridized carbons (Fsp3) is 0.167. The lowest BCUT2D eigenvalue weighted by molar-refractivity contribution is 0.885. The number of nitrogens with zero attached hydrogens (tertiary/aromatic N) is 1. The Kier molecular flexibility index (Phi) is 3.38. The normalized spacial score (nSPS) is 12.3. The number of pyridine rings is 1. The molecule has 0 amide bonds. The lowest BCUT2D eigenvalue weighted by atomic mass is 10.0. The van der Waals surface area contributed by atoms with Gasteiger partial charge in [-0.3, -0.25) is 4.98 Å². The maximum absolute atomic E-state index is 4.23. The largest absolute Gasteiger partial charge is 0.378 e. The van der Waals surface area contributed by atoms with Crippen LogP contribution in [0.1, 0.15) is 24.1 Å². The minimum Gasteiger partial charge on any atom is -0.378 e. The van der Waals surface area contributed by atoms with E-state index in [0.29, 0.717) is 0 Å². The zero-order valence-electron chi connectivity index (χ0n) is 11.8. The molecule has 2 nitrogen and oxygen atoms in total. The summed E-state index contributed by atoms with van der Waals surface area (Å²) in [7, 11) is 0. The molecule has 0 saturated heterocycles. The summed E-state index contributed by atoms with van der Waals surface area (Å²) >= 11 is 0. The van der Waals surface area contributed by atoms with Crippen molar-refractivity contribution in [3.8, 4) is 0 Å². The summed E-state index contributed by atoms with van der Waals surface area (Å²) in [5, 5.41) is 5.96. The predicted molar refractivity (Wildman–Crippen MR) is 85.0 cm³/mol. The summed E-state index contributed by atoms with van der Waals surface area (Å²) in [6.07, 6.45) is 3.75. The van der Waals surface area contributed by atoms with E-state index in [-0.39, 0.29) is 6.04 Å². The SMILES string of the molecule is Cc1cccc(C(C)Nc2cccc3ccncc23)c1. The summed E-state index contributed by atoms with van der Waals surface area (Å²) < 4.78 is 0. The van der Waals surface area contributed by atoms with Gasteiger partial charge in [0.05, 0.1) is 0 Å². The first-order chi connectivity index (χ1) is 9.74. The number of anilines is 1. The van der Waals surface area contributed by atoms with Gasteiger partial charge in [-0.05, 0) is 36.9 Å². The molecular weight excluding hydrogens is 244 g/mol. The molecule has 0 spiro atoms. The van der Waals surface area contributed by atoms with Crippen molar-refractivity contribution in [2.45, 2.75) is 19.9 Å². The van der Waals surface area contributed by atoms with Gasteiger partial charge in [-0.2, -0.15) is 0 Å². The Labute approximate surface area is 119 Å². The number of aryl methyl sites for hydroxylation is 1. The molecule has 0 aliphatic heterocycles. The summed E-state index contributed by atoms with van der Waals surface area (Å²) in [6.45, 7) is 4.31. The Morgan fingerprint density at radius 3 is 2.75 bits per heavy atom. The van der Waals surface area contributed by atoms with Crippen molar-refractivity contribution < 1.29 is 0 Å². The lowest BCUT2D eigenvalue weighted by Gasteiger charge is -2.17. The quantitative estimate of drug-likeness (QED) is 0.739. The molecule has 1 unspecified atom stereocenters. The van der Waals surface area contributed by atoms with Crippen molar-refractivity contribution in [1.29, 1.82) is 0 Å². The van der Waals surface area contributed by atoms with Crippen LogP contribution in [-0.4, -0.2) is 4.98 Å². The molecule has 2 aromatic carbocycles. The number of aromatic nitrogens is 1. The van der Waals surface area contributed by atoms with Gasteiger partial charge in [-0.15, -0.1) is 0 Å². The van der Waals surface area contributed by atoms with Crippen LogP contribution in [0.5, 0.6) is 0 Å². The van der Waals surface area contributed by atoms with E-state index in [1.807, 2.05) is 18.5 Å². The lowest BCUT2D eigenvalue weighted by Crippen LogP contribution is -2.07. The van der Waals surface area contributed by atoms with Gasteiger partial charge in [0.25, 0.3) is 0 Å². The minimum absolute atomic E-state index is 0.265. The van der Waals surface area contributed by atoms with Crippen LogP contribution in [0.2, 0.25) is 0 Å². The molecule has 0 radical (unpaired) electrons. The molecular formula is C18H18N2. The van der Waals surface area contributed by atoms with Crippen LogP contribution >= 0.6 is 0 Å². The molecule has 1 aromatic heterocycles. The van der Waals surface area contributed by atoms with Gasteiger partial charge in [0.15, 0.2) is 0 Å². The Hall–Kier alpha value is -2.35. The summed E-state index contributed by atoms with van der Waals surface area (Å²) in [6, 6.07) is 17.2. The highest BCUT2D eigenvalue weighted by Gasteiger charge is 2.07. The average Bonchev–Trinajstić information content (AvgIpc) is 2.47. The van der Waals surface area contributed by atoms with Crippen LogP contribution in [0.15, 0.2) is 60.9 Å². The molecule has 0 fully saturated rings. The van der Waals surface area contributed by atoms with Crippen LogP contribution < -0.4 is 5.32 Å². The molecule has 1 heterocycles. The molecule has 2 heteroatoms. The number of fused-ring (bicyclic) bond motifs is 1. The maximum Gasteiger partial charge on any atom is 0.0485 e. The zero-order valence-corrected chi connectivity index (χ0v) is 11.8. The minimum atomic E-state index is 0.265. The van der Waals surface area contributed by atoms with Gasteiger partial charge in [0, 0.05) is 29.5 Å². The van der Waals surface area contributed by atoms with Gasteiger partial charge in [0.2, 0.25) is 0 Å². The number of hydrogen-bond acceptors (Lipinski definition) is 2. The van der Waals surface area contributed by atoms with Crippen molar-refractivity contribution in [3.63, 3.8) is 0 Å². The Morgan fingerprint density at radius 2 is 1.90 bits per heavy atom. The van der Waals surface area contributed by atoms with Crippen molar-refractivity contribution in [1.82, 2.24) is 4.98 Å². The van der Waals surface area contributed by atoms with Gasteiger partial charge in [-0.25, -0.2) is 0 Å². The third kappa shape index (κ3) is 2.50. The number of rotatable bonds is 3. The van der Waals surface area contributed by atoms with Gasteiger partial charge in [-0.1, -0.05) is 42.0 Å². The van der Waals surface area contributed by atoms with Crippen LogP contribution in [0, 0.1) is 6.92 Å². The Balaban J connectivity index is 1.93. The Bertz CT molecular complexity index is 729. The molecule has 100 valence electrons. The first-order valence-electron chi connectivity index (χ1n) is 6.90. The average molecular weight is 262 g/mol. The van der Waals surface area contributed by atoms with Crippen LogP contribution in [0.25, 0.3) is 10.8 Å². The second-order valence-electron chi connectivity index (χ2n) is 5.18. The maximum atomic E-state index is 4.23. The number of nitrogens with one attached hydrogen (secondary N) is 1. The summed E-state index contributed by atoms with van der Waals surface area (Å²) in [4.78, 5) is 4.23. The van der Waals surface area contributed by atoms with Gasteiger partial charge in [0.1, 0.15) is 0 Å². The second-order valence-corrected chi connectivity index (χ2v) is 5.18. The molecule has 0 aliphatic rings. The van der Waals surface area contributed by atoms with E-state index in [0.717, 1.165) is 11.1 Å². The summed E-state index contributed by atoms with van der Waals surface area (Å²) in [5.41, 5.74) is 3.71.